The van der Waals surface area contributed by atoms with Crippen molar-refractivity contribution in [2.75, 3.05) is 7.11 Å². The van der Waals surface area contributed by atoms with Crippen LogP contribution < -0.4 is 16.0 Å². The Morgan fingerprint density at radius 2 is 2.26 bits per heavy atom. The van der Waals surface area contributed by atoms with E-state index in [2.05, 4.69) is 21.6 Å². The quantitative estimate of drug-likeness (QED) is 0.617. The molecule has 0 saturated heterocycles. The van der Waals surface area contributed by atoms with Gasteiger partial charge in [0.15, 0.2) is 0 Å². The molecular formula is C13H19N5O. The molecule has 1 atom stereocenters. The van der Waals surface area contributed by atoms with Gasteiger partial charge in [-0.2, -0.15) is 5.10 Å². The number of hydrogen-bond acceptors (Lipinski definition) is 5. The van der Waals surface area contributed by atoms with Crippen LogP contribution in [0.15, 0.2) is 24.5 Å². The maximum Gasteiger partial charge on any atom is 0.138 e. The molecule has 0 spiro atoms. The number of aryl methyl sites for hydroxylation is 2. The summed E-state index contributed by atoms with van der Waals surface area (Å²) in [6.07, 6.45) is 2.18. The van der Waals surface area contributed by atoms with Crippen LogP contribution in [0.5, 0.6) is 5.75 Å². The van der Waals surface area contributed by atoms with E-state index in [1.54, 1.807) is 11.8 Å². The Kier molecular flexibility index (Phi) is 4.13. The largest absolute Gasteiger partial charge is 0.496 e. The van der Waals surface area contributed by atoms with Crippen molar-refractivity contribution in [3.63, 3.8) is 0 Å². The standard InChI is InChI=1S/C13H19N5O/c1-9-4-5-12(19-3)10(6-9)11(17-14)7-13-15-8-16-18(13)2/h4-6,8,11,17H,7,14H2,1-3H3. The average Bonchev–Trinajstić information content (AvgIpc) is 2.81. The molecule has 0 aliphatic rings. The van der Waals surface area contributed by atoms with Crippen LogP contribution in [0.25, 0.3) is 0 Å². The van der Waals surface area contributed by atoms with E-state index in [9.17, 15) is 0 Å². The summed E-state index contributed by atoms with van der Waals surface area (Å²) in [4.78, 5) is 4.22. The number of benzene rings is 1. The third-order valence-electron chi connectivity index (χ3n) is 3.15. The van der Waals surface area contributed by atoms with E-state index in [1.165, 1.54) is 6.33 Å². The fraction of sp³-hybridized carbons (Fsp3) is 0.385. The van der Waals surface area contributed by atoms with Crippen molar-refractivity contribution in [1.82, 2.24) is 20.2 Å². The molecule has 1 aromatic heterocycles. The van der Waals surface area contributed by atoms with Gasteiger partial charge in [-0.05, 0) is 13.0 Å². The fourth-order valence-corrected chi connectivity index (χ4v) is 2.07. The van der Waals surface area contributed by atoms with Gasteiger partial charge in [0.05, 0.1) is 13.2 Å². The lowest BCUT2D eigenvalue weighted by atomic mass is 10.0. The second-order valence-electron chi connectivity index (χ2n) is 4.47. The molecule has 1 heterocycles. The molecule has 0 aliphatic heterocycles. The average molecular weight is 261 g/mol. The highest BCUT2D eigenvalue weighted by molar-refractivity contribution is 5.39. The topological polar surface area (TPSA) is 78.0 Å². The number of aromatic nitrogens is 3. The van der Waals surface area contributed by atoms with Crippen LogP contribution in [0.1, 0.15) is 23.0 Å². The zero-order chi connectivity index (χ0) is 13.8. The van der Waals surface area contributed by atoms with Gasteiger partial charge in [-0.25, -0.2) is 4.98 Å². The number of rotatable bonds is 5. The molecule has 1 unspecified atom stereocenters. The van der Waals surface area contributed by atoms with Gasteiger partial charge in [-0.3, -0.25) is 16.0 Å². The minimum Gasteiger partial charge on any atom is -0.496 e. The molecule has 2 aromatic rings. The summed E-state index contributed by atoms with van der Waals surface area (Å²) >= 11 is 0. The Bertz CT molecular complexity index is 552. The summed E-state index contributed by atoms with van der Waals surface area (Å²) in [6, 6.07) is 5.96. The van der Waals surface area contributed by atoms with Crippen molar-refractivity contribution in [3.8, 4) is 5.75 Å². The predicted molar refractivity (Wildman–Crippen MR) is 72.5 cm³/mol. The summed E-state index contributed by atoms with van der Waals surface area (Å²) in [5, 5.41) is 4.06. The minimum atomic E-state index is -0.0715. The highest BCUT2D eigenvalue weighted by Crippen LogP contribution is 2.27. The second kappa shape index (κ2) is 5.81. The molecule has 0 amide bonds. The summed E-state index contributed by atoms with van der Waals surface area (Å²) in [7, 11) is 3.52. The molecule has 0 saturated carbocycles. The lowest BCUT2D eigenvalue weighted by Gasteiger charge is -2.19. The number of hydrazine groups is 1. The van der Waals surface area contributed by atoms with E-state index in [1.807, 2.05) is 26.1 Å². The van der Waals surface area contributed by atoms with Crippen molar-refractivity contribution in [2.24, 2.45) is 12.9 Å². The van der Waals surface area contributed by atoms with Crippen LogP contribution in [0.2, 0.25) is 0 Å². The predicted octanol–water partition coefficient (Wildman–Crippen LogP) is 0.879. The molecule has 6 heteroatoms. The molecule has 19 heavy (non-hydrogen) atoms. The lowest BCUT2D eigenvalue weighted by molar-refractivity contribution is 0.397. The van der Waals surface area contributed by atoms with Crippen molar-refractivity contribution in [1.29, 1.82) is 0 Å². The summed E-state index contributed by atoms with van der Waals surface area (Å²) in [5.74, 6) is 7.36. The van der Waals surface area contributed by atoms with Crippen LogP contribution >= 0.6 is 0 Å². The maximum atomic E-state index is 5.68. The molecule has 0 aliphatic carbocycles. The van der Waals surface area contributed by atoms with E-state index in [4.69, 9.17) is 10.6 Å². The van der Waals surface area contributed by atoms with Crippen molar-refractivity contribution in [3.05, 3.63) is 41.5 Å². The van der Waals surface area contributed by atoms with Gasteiger partial charge in [0.25, 0.3) is 0 Å². The Balaban J connectivity index is 2.31. The molecule has 102 valence electrons. The van der Waals surface area contributed by atoms with Gasteiger partial charge in [-0.1, -0.05) is 17.7 Å². The Labute approximate surface area is 112 Å². The number of nitrogens with two attached hydrogens (primary N) is 1. The first kappa shape index (κ1) is 13.5. The van der Waals surface area contributed by atoms with E-state index < -0.39 is 0 Å². The van der Waals surface area contributed by atoms with Crippen LogP contribution in [0.3, 0.4) is 0 Å². The summed E-state index contributed by atoms with van der Waals surface area (Å²) in [6.45, 7) is 2.04. The van der Waals surface area contributed by atoms with E-state index in [0.29, 0.717) is 6.42 Å². The molecular weight excluding hydrogens is 242 g/mol. The highest BCUT2D eigenvalue weighted by atomic mass is 16.5. The maximum absolute atomic E-state index is 5.68. The minimum absolute atomic E-state index is 0.0715. The summed E-state index contributed by atoms with van der Waals surface area (Å²) in [5.41, 5.74) is 5.01. The molecule has 0 fully saturated rings. The van der Waals surface area contributed by atoms with Gasteiger partial charge in [0.1, 0.15) is 17.9 Å². The SMILES string of the molecule is COc1ccc(C)cc1C(Cc1ncnn1C)NN. The van der Waals surface area contributed by atoms with Gasteiger partial charge < -0.3 is 4.74 Å². The zero-order valence-corrected chi connectivity index (χ0v) is 11.4. The van der Waals surface area contributed by atoms with Gasteiger partial charge in [-0.15, -0.1) is 0 Å². The fourth-order valence-electron chi connectivity index (χ4n) is 2.07. The summed E-state index contributed by atoms with van der Waals surface area (Å²) < 4.78 is 7.14. The smallest absolute Gasteiger partial charge is 0.138 e. The van der Waals surface area contributed by atoms with Crippen LogP contribution in [0.4, 0.5) is 0 Å². The van der Waals surface area contributed by atoms with Crippen LogP contribution in [0, 0.1) is 6.92 Å². The first-order valence-electron chi connectivity index (χ1n) is 6.09. The Morgan fingerprint density at radius 1 is 1.47 bits per heavy atom. The van der Waals surface area contributed by atoms with Crippen molar-refractivity contribution >= 4 is 0 Å². The number of nitrogens with one attached hydrogen (secondary N) is 1. The first-order chi connectivity index (χ1) is 9.15. The van der Waals surface area contributed by atoms with Gasteiger partial charge in [0, 0.05) is 19.0 Å². The molecule has 6 nitrogen and oxygen atoms in total. The number of hydrogen-bond donors (Lipinski definition) is 2. The number of methoxy groups -OCH3 is 1. The second-order valence-corrected chi connectivity index (χ2v) is 4.47. The van der Waals surface area contributed by atoms with Gasteiger partial charge >= 0.3 is 0 Å². The van der Waals surface area contributed by atoms with Crippen LogP contribution in [-0.4, -0.2) is 21.9 Å². The van der Waals surface area contributed by atoms with E-state index >= 15 is 0 Å². The van der Waals surface area contributed by atoms with Crippen molar-refractivity contribution in [2.45, 2.75) is 19.4 Å². The Hall–Kier alpha value is -1.92. The van der Waals surface area contributed by atoms with Crippen molar-refractivity contribution < 1.29 is 4.74 Å². The normalized spacial score (nSPS) is 12.4. The third kappa shape index (κ3) is 2.91. The monoisotopic (exact) mass is 261 g/mol. The first-order valence-corrected chi connectivity index (χ1v) is 6.09. The van der Waals surface area contributed by atoms with Crippen LogP contribution in [-0.2, 0) is 13.5 Å². The molecule has 1 aromatic carbocycles. The van der Waals surface area contributed by atoms with E-state index in [0.717, 1.165) is 22.7 Å². The molecule has 3 N–H and O–H groups in total. The molecule has 0 radical (unpaired) electrons. The lowest BCUT2D eigenvalue weighted by Crippen LogP contribution is -2.30. The van der Waals surface area contributed by atoms with E-state index in [-0.39, 0.29) is 6.04 Å². The zero-order valence-electron chi connectivity index (χ0n) is 11.4. The number of ether oxygens (including phenoxy) is 1. The highest BCUT2D eigenvalue weighted by Gasteiger charge is 2.17. The van der Waals surface area contributed by atoms with Gasteiger partial charge in [0.2, 0.25) is 0 Å². The Morgan fingerprint density at radius 3 is 2.84 bits per heavy atom. The third-order valence-corrected chi connectivity index (χ3v) is 3.15. The molecule has 2 rings (SSSR count). The molecule has 0 bridgehead atoms. The number of nitrogens with zero attached hydrogens (tertiary/aromatic N) is 3.